The topological polar surface area (TPSA) is 79.5 Å². The minimum Gasteiger partial charge on any atom is -0.481 e. The van der Waals surface area contributed by atoms with Crippen molar-refractivity contribution in [2.45, 2.75) is 32.2 Å². The van der Waals surface area contributed by atoms with E-state index in [1.807, 2.05) is 6.92 Å². The molecule has 1 aromatic heterocycles. The number of nitrogens with one attached hydrogen (secondary N) is 1. The first-order valence-corrected chi connectivity index (χ1v) is 6.14. The summed E-state index contributed by atoms with van der Waals surface area (Å²) in [7, 11) is 0. The Kier molecular flexibility index (Phi) is 3.69. The molecule has 5 heteroatoms. The van der Waals surface area contributed by atoms with E-state index in [1.54, 1.807) is 18.4 Å². The quantitative estimate of drug-likeness (QED) is 0.857. The lowest BCUT2D eigenvalue weighted by molar-refractivity contribution is -0.141. The Morgan fingerprint density at radius 3 is 2.72 bits per heavy atom. The molecule has 5 nitrogen and oxygen atoms in total. The third kappa shape index (κ3) is 2.72. The summed E-state index contributed by atoms with van der Waals surface area (Å²) in [5.74, 6) is -0.744. The fraction of sp³-hybridized carbons (Fsp3) is 0.538. The minimum absolute atomic E-state index is 0.0809. The van der Waals surface area contributed by atoms with Crippen LogP contribution in [0.3, 0.4) is 0 Å². The Hall–Kier alpha value is -1.78. The summed E-state index contributed by atoms with van der Waals surface area (Å²) < 4.78 is 5.21. The molecule has 2 N–H and O–H groups in total. The van der Waals surface area contributed by atoms with Gasteiger partial charge in [0.25, 0.3) is 0 Å². The molecule has 2 unspecified atom stereocenters. The van der Waals surface area contributed by atoms with Gasteiger partial charge in [0, 0.05) is 5.92 Å². The number of carbonyl (C=O) groups is 2. The van der Waals surface area contributed by atoms with Crippen molar-refractivity contribution in [3.63, 3.8) is 0 Å². The van der Waals surface area contributed by atoms with Gasteiger partial charge in [0.05, 0.1) is 18.2 Å². The number of carboxylic acids is 1. The molecule has 1 aromatic rings. The Morgan fingerprint density at radius 1 is 1.44 bits per heavy atom. The Morgan fingerprint density at radius 2 is 2.17 bits per heavy atom. The van der Waals surface area contributed by atoms with E-state index >= 15 is 0 Å². The highest BCUT2D eigenvalue weighted by Gasteiger charge is 2.34. The lowest BCUT2D eigenvalue weighted by Gasteiger charge is -2.15. The van der Waals surface area contributed by atoms with E-state index in [9.17, 15) is 9.59 Å². The summed E-state index contributed by atoms with van der Waals surface area (Å²) >= 11 is 0. The molecule has 1 aliphatic rings. The maximum Gasteiger partial charge on any atom is 0.306 e. The number of amides is 1. The zero-order valence-electron chi connectivity index (χ0n) is 10.3. The van der Waals surface area contributed by atoms with Crippen LogP contribution in [0.15, 0.2) is 22.8 Å². The van der Waals surface area contributed by atoms with E-state index in [4.69, 9.17) is 9.52 Å². The van der Waals surface area contributed by atoms with Gasteiger partial charge < -0.3 is 14.8 Å². The maximum atomic E-state index is 12.0. The predicted octanol–water partition coefficient (Wildman–Crippen LogP) is 1.96. The molecule has 3 atom stereocenters. The van der Waals surface area contributed by atoms with Crippen LogP contribution < -0.4 is 5.32 Å². The number of carboxylic acid groups (broad SMARTS) is 1. The third-order valence-electron chi connectivity index (χ3n) is 3.48. The van der Waals surface area contributed by atoms with Crippen molar-refractivity contribution in [3.8, 4) is 0 Å². The molecule has 18 heavy (non-hydrogen) atoms. The second-order valence-corrected chi connectivity index (χ2v) is 4.79. The summed E-state index contributed by atoms with van der Waals surface area (Å²) in [6.45, 7) is 1.85. The molecule has 1 saturated carbocycles. The summed E-state index contributed by atoms with van der Waals surface area (Å²) in [5, 5.41) is 11.8. The number of carbonyl (C=O) groups excluding carboxylic acids is 1. The van der Waals surface area contributed by atoms with Crippen molar-refractivity contribution in [1.29, 1.82) is 0 Å². The summed E-state index contributed by atoms with van der Waals surface area (Å²) in [5.41, 5.74) is 0. The van der Waals surface area contributed by atoms with E-state index < -0.39 is 5.97 Å². The molecule has 1 amide bonds. The SMILES string of the molecule is C[C@@H](NC(=O)C1CCC(C(=O)O)C1)c1ccco1. The van der Waals surface area contributed by atoms with Crippen LogP contribution in [-0.2, 0) is 9.59 Å². The van der Waals surface area contributed by atoms with Crippen molar-refractivity contribution in [3.05, 3.63) is 24.2 Å². The highest BCUT2D eigenvalue weighted by molar-refractivity contribution is 5.81. The molecule has 1 aliphatic carbocycles. The highest BCUT2D eigenvalue weighted by atomic mass is 16.4. The minimum atomic E-state index is -0.801. The van der Waals surface area contributed by atoms with Gasteiger partial charge in [0.2, 0.25) is 5.91 Å². The van der Waals surface area contributed by atoms with Gasteiger partial charge in [-0.15, -0.1) is 0 Å². The van der Waals surface area contributed by atoms with Gasteiger partial charge in [-0.3, -0.25) is 9.59 Å². The van der Waals surface area contributed by atoms with Crippen LogP contribution in [-0.4, -0.2) is 17.0 Å². The molecule has 0 spiro atoms. The standard InChI is InChI=1S/C13H17NO4/c1-8(11-3-2-6-18-11)14-12(15)9-4-5-10(7-9)13(16)17/h2-3,6,8-10H,4-5,7H2,1H3,(H,14,15)(H,16,17)/t8-,9?,10?/m1/s1. The number of rotatable bonds is 4. The van der Waals surface area contributed by atoms with Crippen LogP contribution in [0.2, 0.25) is 0 Å². The Balaban J connectivity index is 1.87. The zero-order chi connectivity index (χ0) is 13.1. The fourth-order valence-corrected chi connectivity index (χ4v) is 2.38. The van der Waals surface area contributed by atoms with E-state index in [0.717, 1.165) is 0 Å². The third-order valence-corrected chi connectivity index (χ3v) is 3.48. The van der Waals surface area contributed by atoms with Crippen LogP contribution in [0.5, 0.6) is 0 Å². The van der Waals surface area contributed by atoms with Crippen LogP contribution in [0.1, 0.15) is 38.0 Å². The fourth-order valence-electron chi connectivity index (χ4n) is 2.38. The second kappa shape index (κ2) is 5.25. The van der Waals surface area contributed by atoms with E-state index in [-0.39, 0.29) is 23.8 Å². The van der Waals surface area contributed by atoms with E-state index in [2.05, 4.69) is 5.32 Å². The van der Waals surface area contributed by atoms with E-state index in [0.29, 0.717) is 25.0 Å². The average Bonchev–Trinajstić information content (AvgIpc) is 3.00. The van der Waals surface area contributed by atoms with Gasteiger partial charge in [-0.1, -0.05) is 0 Å². The molecule has 0 aliphatic heterocycles. The normalized spacial score (nSPS) is 24.7. The molecule has 1 heterocycles. The number of hydrogen-bond donors (Lipinski definition) is 2. The first kappa shape index (κ1) is 12.7. The van der Waals surface area contributed by atoms with Crippen molar-refractivity contribution >= 4 is 11.9 Å². The van der Waals surface area contributed by atoms with Gasteiger partial charge in [-0.25, -0.2) is 0 Å². The predicted molar refractivity (Wildman–Crippen MR) is 63.7 cm³/mol. The van der Waals surface area contributed by atoms with Crippen molar-refractivity contribution in [1.82, 2.24) is 5.32 Å². The van der Waals surface area contributed by atoms with Crippen LogP contribution in [0, 0.1) is 11.8 Å². The van der Waals surface area contributed by atoms with E-state index in [1.165, 1.54) is 0 Å². The summed E-state index contributed by atoms with van der Waals surface area (Å²) in [6.07, 6.45) is 3.23. The van der Waals surface area contributed by atoms with Crippen LogP contribution in [0.25, 0.3) is 0 Å². The molecule has 2 rings (SSSR count). The summed E-state index contributed by atoms with van der Waals surface area (Å²) in [6, 6.07) is 3.39. The summed E-state index contributed by atoms with van der Waals surface area (Å²) in [4.78, 5) is 22.8. The van der Waals surface area contributed by atoms with Crippen LogP contribution in [0.4, 0.5) is 0 Å². The van der Waals surface area contributed by atoms with Gasteiger partial charge in [0.15, 0.2) is 0 Å². The molecule has 0 saturated heterocycles. The molecule has 98 valence electrons. The van der Waals surface area contributed by atoms with Gasteiger partial charge >= 0.3 is 5.97 Å². The largest absolute Gasteiger partial charge is 0.481 e. The van der Waals surface area contributed by atoms with Gasteiger partial charge in [-0.2, -0.15) is 0 Å². The number of furan rings is 1. The molecule has 0 bridgehead atoms. The van der Waals surface area contributed by atoms with Crippen molar-refractivity contribution in [2.75, 3.05) is 0 Å². The van der Waals surface area contributed by atoms with Crippen molar-refractivity contribution in [2.24, 2.45) is 11.8 Å². The zero-order valence-corrected chi connectivity index (χ0v) is 10.3. The van der Waals surface area contributed by atoms with Gasteiger partial charge in [-0.05, 0) is 38.3 Å². The first-order chi connectivity index (χ1) is 8.58. The number of aliphatic carboxylic acids is 1. The molecule has 0 radical (unpaired) electrons. The average molecular weight is 251 g/mol. The first-order valence-electron chi connectivity index (χ1n) is 6.14. The number of hydrogen-bond acceptors (Lipinski definition) is 3. The molecular formula is C13H17NO4. The second-order valence-electron chi connectivity index (χ2n) is 4.79. The molecule has 0 aromatic carbocycles. The maximum absolute atomic E-state index is 12.0. The van der Waals surface area contributed by atoms with Gasteiger partial charge in [0.1, 0.15) is 5.76 Å². The Bertz CT molecular complexity index is 426. The molecule has 1 fully saturated rings. The Labute approximate surface area is 105 Å². The van der Waals surface area contributed by atoms with Crippen molar-refractivity contribution < 1.29 is 19.1 Å². The lowest BCUT2D eigenvalue weighted by atomic mass is 10.0. The molecular weight excluding hydrogens is 234 g/mol. The monoisotopic (exact) mass is 251 g/mol. The highest BCUT2D eigenvalue weighted by Crippen LogP contribution is 2.31. The smallest absolute Gasteiger partial charge is 0.306 e. The van der Waals surface area contributed by atoms with Crippen LogP contribution >= 0.6 is 0 Å². The lowest BCUT2D eigenvalue weighted by Crippen LogP contribution is -2.31.